The zero-order valence-electron chi connectivity index (χ0n) is 18.1. The number of phenolic OH excluding ortho intramolecular Hbond substituents is 1. The summed E-state index contributed by atoms with van der Waals surface area (Å²) in [6.45, 7) is 1.47. The molecule has 0 spiro atoms. The second kappa shape index (κ2) is 7.62. The zero-order chi connectivity index (χ0) is 25.2. The first kappa shape index (κ1) is 23.9. The molecule has 2 aromatic rings. The topological polar surface area (TPSA) is 89.0 Å². The Labute approximate surface area is 190 Å². The van der Waals surface area contributed by atoms with Crippen molar-refractivity contribution in [1.82, 2.24) is 4.98 Å². The number of hydrogen-bond donors (Lipinski definition) is 1. The molecule has 2 aliphatic rings. The highest BCUT2D eigenvalue weighted by Gasteiger charge is 2.75. The van der Waals surface area contributed by atoms with Gasteiger partial charge in [-0.25, -0.2) is 14.2 Å². The summed E-state index contributed by atoms with van der Waals surface area (Å²) in [4.78, 5) is 30.1. The van der Waals surface area contributed by atoms with E-state index >= 15 is 0 Å². The fraction of sp³-hybridized carbons (Fsp3) is 0.409. The van der Waals surface area contributed by atoms with Crippen LogP contribution >= 0.6 is 0 Å². The van der Waals surface area contributed by atoms with Crippen LogP contribution in [0.3, 0.4) is 0 Å². The summed E-state index contributed by atoms with van der Waals surface area (Å²) in [7, 11) is 1.12. The fourth-order valence-electron chi connectivity index (χ4n) is 4.85. The number of carbonyl (C=O) groups excluding carboxylic acids is 2. The average Bonchev–Trinajstić information content (AvgIpc) is 3.21. The van der Waals surface area contributed by atoms with E-state index < -0.39 is 70.6 Å². The minimum Gasteiger partial charge on any atom is -0.505 e. The largest absolute Gasteiger partial charge is 0.505 e. The molecule has 1 aromatic carbocycles. The molecule has 3 heterocycles. The Balaban J connectivity index is 1.91. The molecule has 0 unspecified atom stereocenters. The van der Waals surface area contributed by atoms with Gasteiger partial charge in [-0.3, -0.25) is 4.79 Å². The first-order valence-corrected chi connectivity index (χ1v) is 10.1. The number of amides is 1. The molecule has 12 heteroatoms. The number of alkyl halides is 3. The minimum atomic E-state index is -4.92. The molecule has 2 saturated heterocycles. The number of aromatic nitrogens is 1. The van der Waals surface area contributed by atoms with Gasteiger partial charge in [0.2, 0.25) is 5.82 Å². The van der Waals surface area contributed by atoms with Crippen molar-refractivity contribution in [2.75, 3.05) is 18.6 Å². The van der Waals surface area contributed by atoms with Crippen molar-refractivity contribution in [3.63, 3.8) is 0 Å². The van der Waals surface area contributed by atoms with Crippen molar-refractivity contribution in [3.8, 4) is 5.75 Å². The number of fused-ring (bicyclic) bond motifs is 1. The zero-order valence-corrected chi connectivity index (χ0v) is 18.1. The molecular weight excluding hydrogens is 467 g/mol. The number of anilines is 1. The molecule has 34 heavy (non-hydrogen) atoms. The quantitative estimate of drug-likeness (QED) is 0.528. The summed E-state index contributed by atoms with van der Waals surface area (Å²) in [5, 5.41) is 10.4. The number of methoxy groups -OCH3 is 1. The van der Waals surface area contributed by atoms with Gasteiger partial charge in [0.05, 0.1) is 12.5 Å². The first-order valence-electron chi connectivity index (χ1n) is 10.1. The van der Waals surface area contributed by atoms with Gasteiger partial charge in [0.25, 0.3) is 5.91 Å². The number of esters is 1. The Bertz CT molecular complexity index is 1190. The molecule has 4 atom stereocenters. The monoisotopic (exact) mass is 486 g/mol. The van der Waals surface area contributed by atoms with Crippen LogP contribution in [0.2, 0.25) is 0 Å². The van der Waals surface area contributed by atoms with E-state index in [1.54, 1.807) is 0 Å². The smallest absolute Gasteiger partial charge is 0.417 e. The lowest BCUT2D eigenvalue weighted by Gasteiger charge is -2.38. The molecule has 0 aliphatic carbocycles. The average molecular weight is 486 g/mol. The van der Waals surface area contributed by atoms with E-state index in [1.807, 2.05) is 0 Å². The third kappa shape index (κ3) is 3.07. The second-order valence-corrected chi connectivity index (χ2v) is 8.44. The maximum Gasteiger partial charge on any atom is 0.417 e. The van der Waals surface area contributed by atoms with Crippen LogP contribution in [0.25, 0.3) is 0 Å². The summed E-state index contributed by atoms with van der Waals surface area (Å²) in [5.74, 6) is -7.50. The summed E-state index contributed by atoms with van der Waals surface area (Å²) < 4.78 is 80.1. The van der Waals surface area contributed by atoms with Crippen LogP contribution in [0.5, 0.6) is 5.75 Å². The van der Waals surface area contributed by atoms with Crippen LogP contribution in [0.15, 0.2) is 30.5 Å². The Kier molecular flexibility index (Phi) is 5.35. The van der Waals surface area contributed by atoms with Crippen molar-refractivity contribution in [1.29, 1.82) is 0 Å². The van der Waals surface area contributed by atoms with Crippen LogP contribution in [0.1, 0.15) is 29.9 Å². The van der Waals surface area contributed by atoms with Gasteiger partial charge in [-0.15, -0.1) is 0 Å². The molecule has 1 aromatic heterocycles. The van der Waals surface area contributed by atoms with E-state index in [0.717, 1.165) is 25.0 Å². The Morgan fingerprint density at radius 2 is 1.97 bits per heavy atom. The highest BCUT2D eigenvalue weighted by molar-refractivity contribution is 6.02. The summed E-state index contributed by atoms with van der Waals surface area (Å²) in [5.41, 5.74) is -5.19. The van der Waals surface area contributed by atoms with Gasteiger partial charge in [0, 0.05) is 29.9 Å². The Hall–Kier alpha value is -3.28. The molecule has 0 saturated carbocycles. The maximum atomic E-state index is 14.3. The predicted molar refractivity (Wildman–Crippen MR) is 106 cm³/mol. The van der Waals surface area contributed by atoms with Gasteiger partial charge >= 0.3 is 12.1 Å². The molecule has 2 aliphatic heterocycles. The molecule has 0 bridgehead atoms. The number of ether oxygens (including phenoxy) is 2. The molecule has 1 amide bonds. The predicted octanol–water partition coefficient (Wildman–Crippen LogP) is 3.49. The maximum absolute atomic E-state index is 14.3. The summed E-state index contributed by atoms with van der Waals surface area (Å²) in [6, 6.07) is 4.17. The van der Waals surface area contributed by atoms with E-state index in [0.29, 0.717) is 6.07 Å². The van der Waals surface area contributed by atoms with Gasteiger partial charge in [-0.1, -0.05) is 13.0 Å². The SMILES string of the molecule is COC(=O)c1cc(N2C[C@]3(c4ccc(F)c(F)c4O)[C@@H](O[C@@](C)(C(F)(F)F)[C@H]3C)C2=O)ccn1. The number of nitrogens with zero attached hydrogens (tertiary/aromatic N) is 2. The third-order valence-corrected chi connectivity index (χ3v) is 6.92. The van der Waals surface area contributed by atoms with E-state index in [1.165, 1.54) is 25.3 Å². The number of rotatable bonds is 3. The number of pyridine rings is 1. The lowest BCUT2D eigenvalue weighted by molar-refractivity contribution is -0.272. The molecular formula is C22H19F5N2O5. The van der Waals surface area contributed by atoms with Gasteiger partial charge in [-0.05, 0) is 25.1 Å². The number of halogens is 5. The number of hydrogen-bond acceptors (Lipinski definition) is 6. The van der Waals surface area contributed by atoms with Crippen molar-refractivity contribution < 1.29 is 46.1 Å². The molecule has 1 N–H and O–H groups in total. The highest BCUT2D eigenvalue weighted by atomic mass is 19.4. The molecule has 7 nitrogen and oxygen atoms in total. The normalized spacial score (nSPS) is 28.8. The Morgan fingerprint density at radius 1 is 1.29 bits per heavy atom. The van der Waals surface area contributed by atoms with Crippen molar-refractivity contribution >= 4 is 17.6 Å². The van der Waals surface area contributed by atoms with Crippen LogP contribution in [-0.2, 0) is 19.7 Å². The van der Waals surface area contributed by atoms with Gasteiger partial charge < -0.3 is 19.5 Å². The summed E-state index contributed by atoms with van der Waals surface area (Å²) >= 11 is 0. The molecule has 4 rings (SSSR count). The Morgan fingerprint density at radius 3 is 2.59 bits per heavy atom. The van der Waals surface area contributed by atoms with Crippen LogP contribution in [0.4, 0.5) is 27.6 Å². The fourth-order valence-corrected chi connectivity index (χ4v) is 4.85. The van der Waals surface area contributed by atoms with Crippen molar-refractivity contribution in [3.05, 3.63) is 53.4 Å². The van der Waals surface area contributed by atoms with Crippen molar-refractivity contribution in [2.45, 2.75) is 37.1 Å². The third-order valence-electron chi connectivity index (χ3n) is 6.92. The molecule has 182 valence electrons. The number of phenols is 1. The van der Waals surface area contributed by atoms with Gasteiger partial charge in [0.1, 0.15) is 11.8 Å². The van der Waals surface area contributed by atoms with Crippen molar-refractivity contribution in [2.24, 2.45) is 5.92 Å². The lowest BCUT2D eigenvalue weighted by atomic mass is 9.65. The number of carbonyl (C=O) groups is 2. The van der Waals surface area contributed by atoms with Crippen LogP contribution in [0, 0.1) is 17.6 Å². The van der Waals surface area contributed by atoms with E-state index in [9.17, 15) is 36.6 Å². The number of benzene rings is 1. The van der Waals surface area contributed by atoms with E-state index in [2.05, 4.69) is 9.72 Å². The minimum absolute atomic E-state index is 0.0979. The van der Waals surface area contributed by atoms with Gasteiger partial charge in [-0.2, -0.15) is 17.6 Å². The van der Waals surface area contributed by atoms with Gasteiger partial charge in [0.15, 0.2) is 17.2 Å². The highest BCUT2D eigenvalue weighted by Crippen LogP contribution is 2.61. The molecule has 0 radical (unpaired) electrons. The van der Waals surface area contributed by atoms with Crippen LogP contribution in [-0.4, -0.2) is 53.5 Å². The van der Waals surface area contributed by atoms with Crippen LogP contribution < -0.4 is 4.90 Å². The molecule has 2 fully saturated rings. The number of aromatic hydroxyl groups is 1. The van der Waals surface area contributed by atoms with E-state index in [-0.39, 0.29) is 11.4 Å². The first-order chi connectivity index (χ1) is 15.8. The summed E-state index contributed by atoms with van der Waals surface area (Å²) in [6.07, 6.45) is -5.51. The standard InChI is InChI=1S/C22H19F5N2O5/c1-10-20(2,22(25,26)27)34-17-18(31)29(11-6-7-28-14(8-11)19(32)33-3)9-21(10,17)12-4-5-13(23)15(24)16(12)30/h4-8,10,17,30H,9H2,1-3H3/t10-,17+,20-,21+/m1/s1. The van der Waals surface area contributed by atoms with E-state index in [4.69, 9.17) is 4.74 Å². The lowest BCUT2D eigenvalue weighted by Crippen LogP contribution is -2.51. The second-order valence-electron chi connectivity index (χ2n) is 8.44.